The zero-order chi connectivity index (χ0) is 10.2. The molecular formula is C10H13BBrN. The number of hydrogen-bond acceptors (Lipinski definition) is 1. The minimum atomic E-state index is 0.0979. The summed E-state index contributed by atoms with van der Waals surface area (Å²) in [6.07, 6.45) is 0. The van der Waals surface area contributed by atoms with Crippen molar-refractivity contribution >= 4 is 29.4 Å². The molecule has 0 aliphatic heterocycles. The van der Waals surface area contributed by atoms with E-state index in [2.05, 4.69) is 47.8 Å². The Labute approximate surface area is 89.5 Å². The highest BCUT2D eigenvalue weighted by atomic mass is 79.9. The van der Waals surface area contributed by atoms with Gasteiger partial charge in [0, 0.05) is 15.8 Å². The fraction of sp³-hybridized carbons (Fsp3) is 0.500. The number of hydrogen-bond donors (Lipinski definition) is 0. The second-order valence-electron chi connectivity index (χ2n) is 4.26. The highest BCUT2D eigenvalue weighted by molar-refractivity contribution is 9.10. The standard InChI is InChI=1S/C10H13BBrN/c1-6-5-7(10(2,3)4)8(12)9(11)13-6/h5H,1-4H3. The molecule has 0 amide bonds. The van der Waals surface area contributed by atoms with Crippen molar-refractivity contribution < 1.29 is 0 Å². The average Bonchev–Trinajstić information content (AvgIpc) is 1.94. The third kappa shape index (κ3) is 2.34. The highest BCUT2D eigenvalue weighted by Gasteiger charge is 2.18. The summed E-state index contributed by atoms with van der Waals surface area (Å²) < 4.78 is 0.922. The monoisotopic (exact) mass is 237 g/mol. The molecule has 0 aliphatic rings. The third-order valence-corrected chi connectivity index (χ3v) is 2.75. The molecule has 0 atom stereocenters. The van der Waals surface area contributed by atoms with Gasteiger partial charge >= 0.3 is 0 Å². The first kappa shape index (κ1) is 10.8. The van der Waals surface area contributed by atoms with Gasteiger partial charge in [-0.15, -0.1) is 0 Å². The van der Waals surface area contributed by atoms with Crippen molar-refractivity contribution in [2.75, 3.05) is 0 Å². The van der Waals surface area contributed by atoms with E-state index < -0.39 is 0 Å². The van der Waals surface area contributed by atoms with Crippen molar-refractivity contribution in [1.29, 1.82) is 0 Å². The Kier molecular flexibility index (Phi) is 2.86. The van der Waals surface area contributed by atoms with Crippen molar-refractivity contribution in [3.8, 4) is 0 Å². The summed E-state index contributed by atoms with van der Waals surface area (Å²) in [7, 11) is 5.76. The first-order valence-electron chi connectivity index (χ1n) is 4.25. The Bertz CT molecular complexity index is 328. The minimum Gasteiger partial charge on any atom is -0.269 e. The Morgan fingerprint density at radius 2 is 1.92 bits per heavy atom. The molecule has 68 valence electrons. The summed E-state index contributed by atoms with van der Waals surface area (Å²) in [6.45, 7) is 8.43. The van der Waals surface area contributed by atoms with E-state index >= 15 is 0 Å². The molecule has 1 aromatic heterocycles. The van der Waals surface area contributed by atoms with Crippen LogP contribution in [0.5, 0.6) is 0 Å². The lowest BCUT2D eigenvalue weighted by Crippen LogP contribution is -2.20. The van der Waals surface area contributed by atoms with E-state index in [1.54, 1.807) is 0 Å². The average molecular weight is 238 g/mol. The maximum absolute atomic E-state index is 5.76. The Hall–Kier alpha value is -0.305. The molecule has 0 N–H and O–H groups in total. The summed E-state index contributed by atoms with van der Waals surface area (Å²) in [5.41, 5.74) is 2.84. The summed E-state index contributed by atoms with van der Waals surface area (Å²) in [5.74, 6) is 0. The maximum Gasteiger partial charge on any atom is 0.143 e. The van der Waals surface area contributed by atoms with Gasteiger partial charge in [-0.25, -0.2) is 0 Å². The van der Waals surface area contributed by atoms with E-state index in [0.717, 1.165) is 10.2 Å². The van der Waals surface area contributed by atoms with Gasteiger partial charge in [-0.2, -0.15) is 0 Å². The van der Waals surface area contributed by atoms with Crippen LogP contribution in [-0.4, -0.2) is 12.8 Å². The molecule has 0 saturated carbocycles. The molecule has 1 nitrogen and oxygen atoms in total. The van der Waals surface area contributed by atoms with Crippen LogP contribution < -0.4 is 5.59 Å². The Morgan fingerprint density at radius 1 is 1.38 bits per heavy atom. The molecule has 1 heterocycles. The number of pyridine rings is 1. The van der Waals surface area contributed by atoms with Crippen LogP contribution in [0.15, 0.2) is 10.5 Å². The second kappa shape index (κ2) is 3.45. The predicted octanol–water partition coefficient (Wildman–Crippen LogP) is 2.24. The van der Waals surface area contributed by atoms with Crippen molar-refractivity contribution in [2.24, 2.45) is 0 Å². The molecule has 0 spiro atoms. The molecule has 13 heavy (non-hydrogen) atoms. The molecule has 2 radical (unpaired) electrons. The van der Waals surface area contributed by atoms with Gasteiger partial charge < -0.3 is 0 Å². The van der Waals surface area contributed by atoms with Crippen LogP contribution in [0.4, 0.5) is 0 Å². The molecule has 0 aliphatic carbocycles. The van der Waals surface area contributed by atoms with Gasteiger partial charge in [0.1, 0.15) is 7.85 Å². The van der Waals surface area contributed by atoms with Crippen LogP contribution >= 0.6 is 15.9 Å². The van der Waals surface area contributed by atoms with Crippen LogP contribution in [0, 0.1) is 6.92 Å². The number of nitrogens with zero attached hydrogens (tertiary/aromatic N) is 1. The lowest BCUT2D eigenvalue weighted by molar-refractivity contribution is 0.586. The van der Waals surface area contributed by atoms with E-state index in [1.165, 1.54) is 5.56 Å². The maximum atomic E-state index is 5.76. The summed E-state index contributed by atoms with van der Waals surface area (Å²) in [4.78, 5) is 4.18. The van der Waals surface area contributed by atoms with E-state index in [4.69, 9.17) is 7.85 Å². The number of aryl methyl sites for hydroxylation is 1. The lowest BCUT2D eigenvalue weighted by Gasteiger charge is -2.22. The van der Waals surface area contributed by atoms with Crippen molar-refractivity contribution in [3.63, 3.8) is 0 Å². The molecule has 0 fully saturated rings. The first-order chi connectivity index (χ1) is 5.82. The number of halogens is 1. The lowest BCUT2D eigenvalue weighted by atomic mass is 9.85. The van der Waals surface area contributed by atoms with Crippen molar-refractivity contribution in [2.45, 2.75) is 33.1 Å². The summed E-state index contributed by atoms with van der Waals surface area (Å²) >= 11 is 3.46. The van der Waals surface area contributed by atoms with E-state index in [0.29, 0.717) is 5.59 Å². The van der Waals surface area contributed by atoms with Gasteiger partial charge in [-0.05, 0) is 39.9 Å². The third-order valence-electron chi connectivity index (χ3n) is 1.92. The molecule has 1 rings (SSSR count). The van der Waals surface area contributed by atoms with Gasteiger partial charge in [0.25, 0.3) is 0 Å². The topological polar surface area (TPSA) is 12.9 Å². The molecule has 0 aromatic carbocycles. The van der Waals surface area contributed by atoms with Crippen LogP contribution in [-0.2, 0) is 5.41 Å². The minimum absolute atomic E-state index is 0.0979. The highest BCUT2D eigenvalue weighted by Crippen LogP contribution is 2.28. The number of rotatable bonds is 0. The van der Waals surface area contributed by atoms with Crippen molar-refractivity contribution in [3.05, 3.63) is 21.8 Å². The normalized spacial score (nSPS) is 11.8. The fourth-order valence-electron chi connectivity index (χ4n) is 1.23. The predicted molar refractivity (Wildman–Crippen MR) is 60.8 cm³/mol. The molecule has 1 aromatic rings. The fourth-order valence-corrected chi connectivity index (χ4v) is 2.03. The Balaban J connectivity index is 3.37. The molecule has 0 unspecified atom stereocenters. The second-order valence-corrected chi connectivity index (χ2v) is 5.05. The van der Waals surface area contributed by atoms with E-state index in [9.17, 15) is 0 Å². The van der Waals surface area contributed by atoms with Gasteiger partial charge in [0.2, 0.25) is 0 Å². The van der Waals surface area contributed by atoms with E-state index in [1.807, 2.05) is 6.92 Å². The van der Waals surface area contributed by atoms with Gasteiger partial charge in [-0.1, -0.05) is 20.8 Å². The zero-order valence-corrected chi connectivity index (χ0v) is 10.1. The van der Waals surface area contributed by atoms with Crippen LogP contribution in [0.2, 0.25) is 0 Å². The molecule has 0 saturated heterocycles. The molecule has 3 heteroatoms. The zero-order valence-electron chi connectivity index (χ0n) is 8.48. The SMILES string of the molecule is [B]c1nc(C)cc(C(C)(C)C)c1Br. The first-order valence-corrected chi connectivity index (χ1v) is 5.05. The van der Waals surface area contributed by atoms with Gasteiger partial charge in [0.15, 0.2) is 0 Å². The van der Waals surface area contributed by atoms with Crippen LogP contribution in [0.3, 0.4) is 0 Å². The molecular weight excluding hydrogens is 225 g/mol. The quantitative estimate of drug-likeness (QED) is 0.631. The largest absolute Gasteiger partial charge is 0.269 e. The van der Waals surface area contributed by atoms with Gasteiger partial charge in [-0.3, -0.25) is 4.98 Å². The Morgan fingerprint density at radius 3 is 2.38 bits per heavy atom. The summed E-state index contributed by atoms with van der Waals surface area (Å²) in [5, 5.41) is 0. The number of aromatic nitrogens is 1. The smallest absolute Gasteiger partial charge is 0.143 e. The van der Waals surface area contributed by atoms with Crippen LogP contribution in [0.1, 0.15) is 32.0 Å². The molecule has 0 bridgehead atoms. The van der Waals surface area contributed by atoms with Crippen molar-refractivity contribution in [1.82, 2.24) is 4.98 Å². The van der Waals surface area contributed by atoms with E-state index in [-0.39, 0.29) is 5.41 Å². The van der Waals surface area contributed by atoms with Gasteiger partial charge in [0.05, 0.1) is 0 Å². The summed E-state index contributed by atoms with van der Waals surface area (Å²) in [6, 6.07) is 2.07. The van der Waals surface area contributed by atoms with Crippen LogP contribution in [0.25, 0.3) is 0 Å².